The second-order valence-electron chi connectivity index (χ2n) is 7.43. The Kier molecular flexibility index (Phi) is 9.25. The van der Waals surface area contributed by atoms with Crippen LogP contribution in [0, 0.1) is 5.92 Å². The SMILES string of the molecule is O=C(OC(CS(=O)(=O)O)(C(F)(F)F)C(F)(F)F)C1CCCCCCCCCCC1. The Morgan fingerprint density at radius 1 is 0.793 bits per heavy atom. The molecule has 1 aliphatic carbocycles. The molecule has 0 aliphatic heterocycles. The maximum Gasteiger partial charge on any atom is 0.438 e. The largest absolute Gasteiger partial charge is 0.438 e. The molecule has 1 saturated carbocycles. The summed E-state index contributed by atoms with van der Waals surface area (Å²) in [6.07, 6.45) is -5.57. The van der Waals surface area contributed by atoms with Crippen LogP contribution in [0.25, 0.3) is 0 Å². The van der Waals surface area contributed by atoms with Gasteiger partial charge in [0.05, 0.1) is 5.92 Å². The fraction of sp³-hybridized carbons (Fsp3) is 0.941. The van der Waals surface area contributed by atoms with Crippen LogP contribution >= 0.6 is 0 Å². The number of alkyl halides is 6. The number of hydrogen-bond donors (Lipinski definition) is 1. The molecule has 5 nitrogen and oxygen atoms in total. The zero-order chi connectivity index (χ0) is 22.3. The van der Waals surface area contributed by atoms with E-state index in [4.69, 9.17) is 4.55 Å². The van der Waals surface area contributed by atoms with Crippen molar-refractivity contribution >= 4 is 16.1 Å². The van der Waals surface area contributed by atoms with E-state index >= 15 is 0 Å². The quantitative estimate of drug-likeness (QED) is 0.357. The molecule has 0 bridgehead atoms. The second kappa shape index (κ2) is 10.3. The van der Waals surface area contributed by atoms with Gasteiger partial charge in [-0.2, -0.15) is 34.8 Å². The minimum absolute atomic E-state index is 0.0521. The van der Waals surface area contributed by atoms with Crippen molar-refractivity contribution in [3.05, 3.63) is 0 Å². The van der Waals surface area contributed by atoms with Crippen LogP contribution in [0.1, 0.15) is 70.6 Å². The first-order valence-corrected chi connectivity index (χ1v) is 11.1. The number of rotatable bonds is 4. The van der Waals surface area contributed by atoms with Crippen molar-refractivity contribution in [2.75, 3.05) is 5.75 Å². The molecular formula is C17H26F6O5S. The van der Waals surface area contributed by atoms with E-state index in [-0.39, 0.29) is 12.8 Å². The van der Waals surface area contributed by atoms with Gasteiger partial charge in [-0.25, -0.2) is 0 Å². The molecule has 0 aromatic carbocycles. The summed E-state index contributed by atoms with van der Waals surface area (Å²) in [5.74, 6) is -5.80. The van der Waals surface area contributed by atoms with Crippen molar-refractivity contribution in [2.24, 2.45) is 5.92 Å². The molecule has 0 spiro atoms. The number of carbonyl (C=O) groups is 1. The molecule has 0 aromatic heterocycles. The van der Waals surface area contributed by atoms with Gasteiger partial charge in [0.1, 0.15) is 5.75 Å². The average Bonchev–Trinajstić information content (AvgIpc) is 2.51. The summed E-state index contributed by atoms with van der Waals surface area (Å²) in [7, 11) is -5.77. The lowest BCUT2D eigenvalue weighted by molar-refractivity contribution is -0.362. The van der Waals surface area contributed by atoms with Gasteiger partial charge in [-0.05, 0) is 12.8 Å². The first-order chi connectivity index (χ1) is 13.2. The van der Waals surface area contributed by atoms with Crippen molar-refractivity contribution in [3.8, 4) is 0 Å². The lowest BCUT2D eigenvalue weighted by Gasteiger charge is -2.36. The Morgan fingerprint density at radius 2 is 1.14 bits per heavy atom. The third kappa shape index (κ3) is 7.95. The van der Waals surface area contributed by atoms with Gasteiger partial charge in [0.15, 0.2) is 0 Å². The third-order valence-electron chi connectivity index (χ3n) is 5.01. The Balaban J connectivity index is 3.12. The predicted molar refractivity (Wildman–Crippen MR) is 91.6 cm³/mol. The minimum Gasteiger partial charge on any atom is -0.438 e. The molecule has 0 saturated heterocycles. The fourth-order valence-corrected chi connectivity index (χ4v) is 4.28. The molecule has 1 rings (SSSR count). The van der Waals surface area contributed by atoms with E-state index in [2.05, 4.69) is 4.74 Å². The van der Waals surface area contributed by atoms with Gasteiger partial charge in [0.25, 0.3) is 10.1 Å². The molecule has 172 valence electrons. The zero-order valence-corrected chi connectivity index (χ0v) is 16.6. The average molecular weight is 456 g/mol. The topological polar surface area (TPSA) is 80.7 Å². The minimum atomic E-state index is -6.29. The number of ether oxygens (including phenoxy) is 1. The standard InChI is InChI=1S/C17H26F6O5S/c18-16(19,20)15(17(21,22)23,12-29(25,26)27)28-14(24)13-10-8-6-4-2-1-3-5-7-9-11-13/h13H,1-12H2,(H,25,26,27). The molecular weight excluding hydrogens is 430 g/mol. The zero-order valence-electron chi connectivity index (χ0n) is 15.8. The van der Waals surface area contributed by atoms with Crippen LogP contribution in [-0.4, -0.2) is 42.6 Å². The van der Waals surface area contributed by atoms with Crippen molar-refractivity contribution in [1.29, 1.82) is 0 Å². The van der Waals surface area contributed by atoms with Gasteiger partial charge in [0, 0.05) is 0 Å². The highest BCUT2D eigenvalue weighted by molar-refractivity contribution is 7.85. The lowest BCUT2D eigenvalue weighted by Crippen LogP contribution is -2.63. The molecule has 12 heteroatoms. The molecule has 1 aliphatic rings. The summed E-state index contributed by atoms with van der Waals surface area (Å²) in [5.41, 5.74) is -5.33. The number of hydrogen-bond acceptors (Lipinski definition) is 4. The Labute approximate surface area is 165 Å². The first-order valence-electron chi connectivity index (χ1n) is 9.51. The Bertz CT molecular complexity index is 603. The van der Waals surface area contributed by atoms with Crippen LogP contribution in [0.4, 0.5) is 26.3 Å². The highest BCUT2D eigenvalue weighted by Gasteiger charge is 2.76. The molecule has 0 amide bonds. The molecule has 1 fully saturated rings. The number of carbonyl (C=O) groups excluding carboxylic acids is 1. The summed E-state index contributed by atoms with van der Waals surface area (Å²) in [4.78, 5) is 12.3. The van der Waals surface area contributed by atoms with E-state index in [9.17, 15) is 39.6 Å². The summed E-state index contributed by atoms with van der Waals surface area (Å²) < 4.78 is 114. The first kappa shape index (κ1) is 26.0. The van der Waals surface area contributed by atoms with Crippen LogP contribution in [0.15, 0.2) is 0 Å². The molecule has 0 unspecified atom stereocenters. The van der Waals surface area contributed by atoms with Crippen molar-refractivity contribution in [3.63, 3.8) is 0 Å². The molecule has 0 radical (unpaired) electrons. The molecule has 29 heavy (non-hydrogen) atoms. The number of halogens is 6. The lowest BCUT2D eigenvalue weighted by atomic mass is 9.92. The molecule has 1 N–H and O–H groups in total. The smallest absolute Gasteiger partial charge is 0.438 e. The number of esters is 1. The Hall–Kier alpha value is -1.04. The summed E-state index contributed by atoms with van der Waals surface area (Å²) in [6.45, 7) is 0. The molecule has 0 heterocycles. The van der Waals surface area contributed by atoms with Crippen LogP contribution in [0.3, 0.4) is 0 Å². The van der Waals surface area contributed by atoms with Crippen LogP contribution in [-0.2, 0) is 19.6 Å². The highest BCUT2D eigenvalue weighted by Crippen LogP contribution is 2.47. The maximum absolute atomic E-state index is 13.3. The van der Waals surface area contributed by atoms with Gasteiger partial charge in [0.2, 0.25) is 0 Å². The van der Waals surface area contributed by atoms with Crippen LogP contribution in [0.2, 0.25) is 0 Å². The molecule has 0 aromatic rings. The van der Waals surface area contributed by atoms with E-state index in [1.165, 1.54) is 0 Å². The van der Waals surface area contributed by atoms with Crippen LogP contribution in [0.5, 0.6) is 0 Å². The van der Waals surface area contributed by atoms with Gasteiger partial charge < -0.3 is 4.74 Å². The molecule has 0 atom stereocenters. The highest BCUT2D eigenvalue weighted by atomic mass is 32.2. The fourth-order valence-electron chi connectivity index (χ4n) is 3.38. The third-order valence-corrected chi connectivity index (χ3v) is 5.79. The van der Waals surface area contributed by atoms with Crippen LogP contribution < -0.4 is 0 Å². The van der Waals surface area contributed by atoms with Gasteiger partial charge >= 0.3 is 23.9 Å². The summed E-state index contributed by atoms with van der Waals surface area (Å²) in [6, 6.07) is 0. The van der Waals surface area contributed by atoms with E-state index < -0.39 is 45.7 Å². The van der Waals surface area contributed by atoms with Crippen molar-refractivity contribution in [2.45, 2.75) is 88.6 Å². The van der Waals surface area contributed by atoms with Crippen molar-refractivity contribution in [1.82, 2.24) is 0 Å². The maximum atomic E-state index is 13.3. The summed E-state index contributed by atoms with van der Waals surface area (Å²) >= 11 is 0. The monoisotopic (exact) mass is 456 g/mol. The van der Waals surface area contributed by atoms with E-state index in [0.29, 0.717) is 25.7 Å². The van der Waals surface area contributed by atoms with E-state index in [0.717, 1.165) is 32.1 Å². The predicted octanol–water partition coefficient (Wildman–Crippen LogP) is 5.20. The summed E-state index contributed by atoms with van der Waals surface area (Å²) in [5, 5.41) is 0. The van der Waals surface area contributed by atoms with E-state index in [1.54, 1.807) is 0 Å². The van der Waals surface area contributed by atoms with E-state index in [1.807, 2.05) is 0 Å². The van der Waals surface area contributed by atoms with Crippen molar-refractivity contribution < 1.29 is 48.8 Å². The Morgan fingerprint density at radius 3 is 1.45 bits per heavy atom. The second-order valence-corrected chi connectivity index (χ2v) is 8.88. The van der Waals surface area contributed by atoms with Gasteiger partial charge in [-0.1, -0.05) is 57.8 Å². The van der Waals surface area contributed by atoms with Gasteiger partial charge in [-0.3, -0.25) is 9.35 Å². The normalized spacial score (nSPS) is 19.8. The van der Waals surface area contributed by atoms with Gasteiger partial charge in [-0.15, -0.1) is 0 Å².